The number of aromatic hydroxyl groups is 1. The highest BCUT2D eigenvalue weighted by molar-refractivity contribution is 14.1. The number of phenolic OH excluding ortho intramolecular Hbond substituents is 1. The van der Waals surface area contributed by atoms with Crippen LogP contribution in [0.3, 0.4) is 0 Å². The third kappa shape index (κ3) is 2.20. The third-order valence-electron chi connectivity index (χ3n) is 4.21. The van der Waals surface area contributed by atoms with Crippen LogP contribution in [0.5, 0.6) is 5.75 Å². The lowest BCUT2D eigenvalue weighted by Crippen LogP contribution is -1.85. The zero-order chi connectivity index (χ0) is 15.1. The number of rotatable bonds is 2. The zero-order valence-electron chi connectivity index (χ0n) is 11.9. The molecule has 0 bridgehead atoms. The molecule has 108 valence electrons. The molecule has 0 atom stereocenters. The summed E-state index contributed by atoms with van der Waals surface area (Å²) in [6, 6.07) is 16.4. The highest BCUT2D eigenvalue weighted by Crippen LogP contribution is 2.36. The number of aliphatic imine (C=N–C) groups is 1. The standard InChI is InChI=1S/C19H14INO/c20-16-6-2-4-14(19(16)22)11-21-17-10-9-13-8-7-12-3-1-5-15(17)18(12)13/h1-6,9-11,22H,7-8H2. The molecule has 0 aromatic heterocycles. The minimum absolute atomic E-state index is 0.290. The van der Waals surface area contributed by atoms with Gasteiger partial charge in [-0.05, 0) is 70.1 Å². The van der Waals surface area contributed by atoms with Crippen molar-refractivity contribution in [3.8, 4) is 5.75 Å². The van der Waals surface area contributed by atoms with Gasteiger partial charge in [0.05, 0.1) is 9.26 Å². The van der Waals surface area contributed by atoms with Gasteiger partial charge in [-0.1, -0.05) is 30.3 Å². The number of phenols is 1. The topological polar surface area (TPSA) is 32.6 Å². The van der Waals surface area contributed by atoms with Crippen molar-refractivity contribution < 1.29 is 5.11 Å². The predicted molar refractivity (Wildman–Crippen MR) is 99.4 cm³/mol. The van der Waals surface area contributed by atoms with Crippen molar-refractivity contribution >= 4 is 45.3 Å². The Hall–Kier alpha value is -1.88. The summed E-state index contributed by atoms with van der Waals surface area (Å²) in [6.07, 6.45) is 3.99. The molecule has 3 heteroatoms. The van der Waals surface area contributed by atoms with Gasteiger partial charge in [0.25, 0.3) is 0 Å². The van der Waals surface area contributed by atoms with E-state index in [1.807, 2.05) is 18.2 Å². The lowest BCUT2D eigenvalue weighted by atomic mass is 10.0. The van der Waals surface area contributed by atoms with Crippen LogP contribution in [0.4, 0.5) is 5.69 Å². The fourth-order valence-corrected chi connectivity index (χ4v) is 3.64. The average Bonchev–Trinajstić information content (AvgIpc) is 2.96. The van der Waals surface area contributed by atoms with Crippen LogP contribution in [0.2, 0.25) is 0 Å². The second kappa shape index (κ2) is 5.39. The summed E-state index contributed by atoms with van der Waals surface area (Å²) in [5, 5.41) is 12.7. The number of halogens is 1. The molecular formula is C19H14INO. The van der Waals surface area contributed by atoms with Gasteiger partial charge < -0.3 is 5.11 Å². The van der Waals surface area contributed by atoms with E-state index in [9.17, 15) is 5.11 Å². The maximum absolute atomic E-state index is 10.1. The number of hydrogen-bond donors (Lipinski definition) is 1. The number of aryl methyl sites for hydroxylation is 2. The van der Waals surface area contributed by atoms with Gasteiger partial charge in [-0.3, -0.25) is 4.99 Å². The van der Waals surface area contributed by atoms with Crippen LogP contribution in [0.15, 0.2) is 53.5 Å². The maximum atomic E-state index is 10.1. The van der Waals surface area contributed by atoms with Crippen molar-refractivity contribution in [2.24, 2.45) is 4.99 Å². The van der Waals surface area contributed by atoms with Gasteiger partial charge in [0.1, 0.15) is 5.75 Å². The molecule has 0 fully saturated rings. The second-order valence-corrected chi connectivity index (χ2v) is 6.68. The van der Waals surface area contributed by atoms with Crippen molar-refractivity contribution in [1.29, 1.82) is 0 Å². The molecular weight excluding hydrogens is 385 g/mol. The Morgan fingerprint density at radius 1 is 0.955 bits per heavy atom. The van der Waals surface area contributed by atoms with Crippen LogP contribution >= 0.6 is 22.6 Å². The molecule has 22 heavy (non-hydrogen) atoms. The van der Waals surface area contributed by atoms with Crippen LogP contribution < -0.4 is 0 Å². The number of hydrogen-bond acceptors (Lipinski definition) is 2. The normalized spacial score (nSPS) is 13.3. The van der Waals surface area contributed by atoms with Crippen LogP contribution in [0, 0.1) is 3.57 Å². The Morgan fingerprint density at radius 3 is 2.59 bits per heavy atom. The molecule has 3 aromatic rings. The number of para-hydroxylation sites is 1. The molecule has 0 radical (unpaired) electrons. The Balaban J connectivity index is 1.83. The van der Waals surface area contributed by atoms with E-state index in [1.165, 1.54) is 21.9 Å². The lowest BCUT2D eigenvalue weighted by molar-refractivity contribution is 0.470. The fourth-order valence-electron chi connectivity index (χ4n) is 3.12. The minimum atomic E-state index is 0.290. The molecule has 0 amide bonds. The van der Waals surface area contributed by atoms with E-state index in [2.05, 4.69) is 57.9 Å². The van der Waals surface area contributed by atoms with Crippen LogP contribution in [-0.2, 0) is 12.8 Å². The summed E-state index contributed by atoms with van der Waals surface area (Å²) in [4.78, 5) is 4.63. The van der Waals surface area contributed by atoms with Crippen molar-refractivity contribution in [2.45, 2.75) is 12.8 Å². The molecule has 0 saturated carbocycles. The molecule has 3 aromatic carbocycles. The van der Waals surface area contributed by atoms with E-state index in [-0.39, 0.29) is 5.75 Å². The van der Waals surface area contributed by atoms with E-state index in [0.717, 1.165) is 27.7 Å². The van der Waals surface area contributed by atoms with Gasteiger partial charge in [-0.15, -0.1) is 0 Å². The van der Waals surface area contributed by atoms with Gasteiger partial charge in [0, 0.05) is 17.2 Å². The Bertz CT molecular complexity index is 904. The quantitative estimate of drug-likeness (QED) is 0.478. The zero-order valence-corrected chi connectivity index (χ0v) is 14.0. The third-order valence-corrected chi connectivity index (χ3v) is 5.09. The highest BCUT2D eigenvalue weighted by Gasteiger charge is 2.15. The van der Waals surface area contributed by atoms with Gasteiger partial charge in [-0.25, -0.2) is 0 Å². The van der Waals surface area contributed by atoms with E-state index < -0.39 is 0 Å². The van der Waals surface area contributed by atoms with Crippen molar-refractivity contribution in [3.05, 3.63) is 68.8 Å². The molecule has 2 nitrogen and oxygen atoms in total. The van der Waals surface area contributed by atoms with Crippen LogP contribution in [0.1, 0.15) is 16.7 Å². The molecule has 0 heterocycles. The van der Waals surface area contributed by atoms with E-state index in [1.54, 1.807) is 6.21 Å². The van der Waals surface area contributed by atoms with Crippen molar-refractivity contribution in [1.82, 2.24) is 0 Å². The Kier molecular flexibility index (Phi) is 3.37. The second-order valence-electron chi connectivity index (χ2n) is 5.52. The van der Waals surface area contributed by atoms with Crippen molar-refractivity contribution in [3.63, 3.8) is 0 Å². The summed E-state index contributed by atoms with van der Waals surface area (Å²) in [7, 11) is 0. The first-order chi connectivity index (χ1) is 10.7. The summed E-state index contributed by atoms with van der Waals surface area (Å²) in [5.41, 5.74) is 4.54. The van der Waals surface area contributed by atoms with Crippen molar-refractivity contribution in [2.75, 3.05) is 0 Å². The summed E-state index contributed by atoms with van der Waals surface area (Å²) in [5.74, 6) is 0.290. The molecule has 4 rings (SSSR count). The molecule has 0 saturated heterocycles. The maximum Gasteiger partial charge on any atom is 0.137 e. The van der Waals surface area contributed by atoms with Gasteiger partial charge in [-0.2, -0.15) is 0 Å². The Morgan fingerprint density at radius 2 is 1.73 bits per heavy atom. The number of benzene rings is 3. The molecule has 1 aliphatic rings. The molecule has 0 spiro atoms. The van der Waals surface area contributed by atoms with E-state index >= 15 is 0 Å². The average molecular weight is 399 g/mol. The van der Waals surface area contributed by atoms with E-state index in [4.69, 9.17) is 0 Å². The highest BCUT2D eigenvalue weighted by atomic mass is 127. The van der Waals surface area contributed by atoms with Gasteiger partial charge in [0.15, 0.2) is 0 Å². The monoisotopic (exact) mass is 399 g/mol. The predicted octanol–water partition coefficient (Wildman–Crippen LogP) is 5.00. The fraction of sp³-hybridized carbons (Fsp3) is 0.105. The molecule has 1 aliphatic carbocycles. The van der Waals surface area contributed by atoms with Crippen LogP contribution in [-0.4, -0.2) is 11.3 Å². The number of nitrogens with zero attached hydrogens (tertiary/aromatic N) is 1. The molecule has 1 N–H and O–H groups in total. The first-order valence-corrected chi connectivity index (χ1v) is 8.37. The first-order valence-electron chi connectivity index (χ1n) is 7.29. The Labute approximate surface area is 142 Å². The smallest absolute Gasteiger partial charge is 0.137 e. The minimum Gasteiger partial charge on any atom is -0.506 e. The molecule has 0 aliphatic heterocycles. The van der Waals surface area contributed by atoms with Gasteiger partial charge in [0.2, 0.25) is 0 Å². The summed E-state index contributed by atoms with van der Waals surface area (Å²) in [6.45, 7) is 0. The summed E-state index contributed by atoms with van der Waals surface area (Å²) >= 11 is 2.12. The summed E-state index contributed by atoms with van der Waals surface area (Å²) < 4.78 is 0.835. The SMILES string of the molecule is Oc1c(I)cccc1C=Nc1ccc2c3c(cccc13)CC2. The van der Waals surface area contributed by atoms with Gasteiger partial charge >= 0.3 is 0 Å². The lowest BCUT2D eigenvalue weighted by Gasteiger charge is -2.05. The first kappa shape index (κ1) is 13.8. The van der Waals surface area contributed by atoms with Crippen LogP contribution in [0.25, 0.3) is 10.8 Å². The largest absolute Gasteiger partial charge is 0.506 e. The van der Waals surface area contributed by atoms with E-state index in [0.29, 0.717) is 0 Å². The molecule has 0 unspecified atom stereocenters.